The molecule has 12 heteroatoms. The standard InChI is InChI=1S/C27H20F9NO2/c1-16(26(32,33)34)11-23(38)37-25(15-17-5-3-2-4-6-17,18-7-9-20(28)10-8-18)19-12-21(29)14-22(13-19)39-27(35,36)24(30)31/h2-14,24H,15H2,1H3,(H,37,38). The second-order valence-corrected chi connectivity index (χ2v) is 8.53. The van der Waals surface area contributed by atoms with Gasteiger partial charge in [0.25, 0.3) is 0 Å². The van der Waals surface area contributed by atoms with Crippen LogP contribution < -0.4 is 10.1 Å². The van der Waals surface area contributed by atoms with Crippen molar-refractivity contribution < 1.29 is 49.0 Å². The van der Waals surface area contributed by atoms with Crippen molar-refractivity contribution in [3.63, 3.8) is 0 Å². The molecule has 1 N–H and O–H groups in total. The van der Waals surface area contributed by atoms with Crippen LogP contribution in [0.25, 0.3) is 0 Å². The zero-order chi connectivity index (χ0) is 29.0. The van der Waals surface area contributed by atoms with Crippen molar-refractivity contribution in [2.75, 3.05) is 0 Å². The van der Waals surface area contributed by atoms with Gasteiger partial charge in [0, 0.05) is 24.1 Å². The molecule has 0 saturated heterocycles. The molecule has 0 radical (unpaired) electrons. The quantitative estimate of drug-likeness (QED) is 0.220. The van der Waals surface area contributed by atoms with Gasteiger partial charge in [-0.2, -0.15) is 30.7 Å². The van der Waals surface area contributed by atoms with Gasteiger partial charge in [-0.15, -0.1) is 0 Å². The van der Waals surface area contributed by atoms with Gasteiger partial charge in [0.05, 0.1) is 5.54 Å². The minimum Gasteiger partial charge on any atom is -0.428 e. The lowest BCUT2D eigenvalue weighted by atomic mass is 9.77. The molecule has 0 spiro atoms. The molecule has 0 fully saturated rings. The highest BCUT2D eigenvalue weighted by molar-refractivity contribution is 5.89. The second-order valence-electron chi connectivity index (χ2n) is 8.53. The summed E-state index contributed by atoms with van der Waals surface area (Å²) < 4.78 is 125. The first-order chi connectivity index (χ1) is 18.1. The minimum absolute atomic E-state index is 0.0105. The third-order valence-corrected chi connectivity index (χ3v) is 5.65. The van der Waals surface area contributed by atoms with E-state index in [-0.39, 0.29) is 23.6 Å². The van der Waals surface area contributed by atoms with E-state index in [1.165, 1.54) is 0 Å². The highest BCUT2D eigenvalue weighted by Gasteiger charge is 2.45. The molecule has 39 heavy (non-hydrogen) atoms. The van der Waals surface area contributed by atoms with Crippen LogP contribution in [0.15, 0.2) is 84.4 Å². The van der Waals surface area contributed by atoms with E-state index in [2.05, 4.69) is 10.1 Å². The fourth-order valence-corrected chi connectivity index (χ4v) is 3.79. The first-order valence-electron chi connectivity index (χ1n) is 11.2. The maximum Gasteiger partial charge on any atom is 0.461 e. The van der Waals surface area contributed by atoms with Crippen molar-refractivity contribution in [3.05, 3.63) is 113 Å². The number of alkyl halides is 7. The van der Waals surface area contributed by atoms with Crippen LogP contribution in [0.4, 0.5) is 39.5 Å². The number of nitrogens with one attached hydrogen (secondary N) is 1. The van der Waals surface area contributed by atoms with Crippen molar-refractivity contribution in [3.8, 4) is 5.75 Å². The van der Waals surface area contributed by atoms with Crippen LogP contribution in [-0.2, 0) is 16.8 Å². The monoisotopic (exact) mass is 561 g/mol. The van der Waals surface area contributed by atoms with Crippen LogP contribution in [0.5, 0.6) is 5.75 Å². The van der Waals surface area contributed by atoms with Crippen molar-refractivity contribution in [1.29, 1.82) is 0 Å². The van der Waals surface area contributed by atoms with Gasteiger partial charge in [-0.05, 0) is 47.9 Å². The lowest BCUT2D eigenvalue weighted by Crippen LogP contribution is -2.48. The first-order valence-corrected chi connectivity index (χ1v) is 11.2. The lowest BCUT2D eigenvalue weighted by Gasteiger charge is -2.36. The van der Waals surface area contributed by atoms with Crippen molar-refractivity contribution in [1.82, 2.24) is 5.32 Å². The molecule has 0 aliphatic rings. The Balaban J connectivity index is 2.28. The van der Waals surface area contributed by atoms with Gasteiger partial charge in [-0.1, -0.05) is 42.5 Å². The van der Waals surface area contributed by atoms with Crippen LogP contribution in [0, 0.1) is 11.6 Å². The van der Waals surface area contributed by atoms with Gasteiger partial charge in [-0.25, -0.2) is 8.78 Å². The van der Waals surface area contributed by atoms with Crippen molar-refractivity contribution >= 4 is 5.91 Å². The maximum absolute atomic E-state index is 14.7. The fraction of sp³-hybridized carbons (Fsp3) is 0.222. The van der Waals surface area contributed by atoms with Gasteiger partial charge in [0.15, 0.2) is 0 Å². The number of carbonyl (C=O) groups is 1. The normalized spacial score (nSPS) is 14.2. The van der Waals surface area contributed by atoms with Crippen molar-refractivity contribution in [2.45, 2.75) is 37.6 Å². The number of ether oxygens (including phenoxy) is 1. The number of rotatable bonds is 9. The minimum atomic E-state index is -5.02. The van der Waals surface area contributed by atoms with E-state index in [0.717, 1.165) is 36.4 Å². The molecular formula is C27H20F9NO2. The van der Waals surface area contributed by atoms with E-state index in [1.807, 2.05) is 0 Å². The summed E-state index contributed by atoms with van der Waals surface area (Å²) in [5.74, 6) is -4.34. The Labute approximate surface area is 216 Å². The smallest absolute Gasteiger partial charge is 0.428 e. The summed E-state index contributed by atoms with van der Waals surface area (Å²) in [6.45, 7) is 0.636. The summed E-state index contributed by atoms with van der Waals surface area (Å²) in [5, 5.41) is 2.38. The summed E-state index contributed by atoms with van der Waals surface area (Å²) in [6, 6.07) is 14.0. The maximum atomic E-state index is 14.7. The first kappa shape index (κ1) is 29.6. The molecule has 3 aromatic carbocycles. The number of carbonyl (C=O) groups excluding carboxylic acids is 1. The predicted octanol–water partition coefficient (Wildman–Crippen LogP) is 7.31. The average Bonchev–Trinajstić information content (AvgIpc) is 2.83. The van der Waals surface area contributed by atoms with E-state index < -0.39 is 53.1 Å². The molecule has 0 aromatic heterocycles. The van der Waals surface area contributed by atoms with Crippen LogP contribution in [0.2, 0.25) is 0 Å². The van der Waals surface area contributed by atoms with E-state index >= 15 is 0 Å². The molecule has 1 unspecified atom stereocenters. The van der Waals surface area contributed by atoms with Crippen LogP contribution in [-0.4, -0.2) is 24.6 Å². The zero-order valence-corrected chi connectivity index (χ0v) is 20.0. The molecule has 208 valence electrons. The second kappa shape index (κ2) is 11.4. The molecular weight excluding hydrogens is 541 g/mol. The third kappa shape index (κ3) is 7.33. The summed E-state index contributed by atoms with van der Waals surface area (Å²) in [5.41, 5.74) is -3.22. The Kier molecular flexibility index (Phi) is 8.67. The average molecular weight is 561 g/mol. The largest absolute Gasteiger partial charge is 0.461 e. The summed E-state index contributed by atoms with van der Waals surface area (Å²) >= 11 is 0. The number of hydrogen-bond donors (Lipinski definition) is 1. The number of halogens is 9. The van der Waals surface area contributed by atoms with Gasteiger partial charge < -0.3 is 10.1 Å². The molecule has 3 nitrogen and oxygen atoms in total. The highest BCUT2D eigenvalue weighted by Crippen LogP contribution is 2.38. The van der Waals surface area contributed by atoms with E-state index in [0.29, 0.717) is 18.6 Å². The lowest BCUT2D eigenvalue weighted by molar-refractivity contribution is -0.253. The number of amides is 1. The molecule has 0 bridgehead atoms. The number of allylic oxidation sites excluding steroid dienone is 1. The molecule has 3 rings (SSSR count). The summed E-state index contributed by atoms with van der Waals surface area (Å²) in [7, 11) is 0. The Hall–Kier alpha value is -3.96. The van der Waals surface area contributed by atoms with Crippen LogP contribution in [0.3, 0.4) is 0 Å². The topological polar surface area (TPSA) is 38.3 Å². The van der Waals surface area contributed by atoms with Gasteiger partial charge in [0.1, 0.15) is 17.4 Å². The summed E-state index contributed by atoms with van der Waals surface area (Å²) in [4.78, 5) is 12.9. The predicted molar refractivity (Wildman–Crippen MR) is 123 cm³/mol. The molecule has 1 amide bonds. The number of benzene rings is 3. The van der Waals surface area contributed by atoms with Crippen LogP contribution >= 0.6 is 0 Å². The summed E-state index contributed by atoms with van der Waals surface area (Å²) in [6.07, 6.45) is -14.2. The molecule has 0 heterocycles. The van der Waals surface area contributed by atoms with Gasteiger partial charge in [-0.3, -0.25) is 4.79 Å². The molecule has 0 saturated carbocycles. The zero-order valence-electron chi connectivity index (χ0n) is 20.0. The van der Waals surface area contributed by atoms with E-state index in [1.54, 1.807) is 30.3 Å². The number of hydrogen-bond acceptors (Lipinski definition) is 2. The van der Waals surface area contributed by atoms with Crippen LogP contribution in [0.1, 0.15) is 23.6 Å². The third-order valence-electron chi connectivity index (χ3n) is 5.65. The fourth-order valence-electron chi connectivity index (χ4n) is 3.79. The highest BCUT2D eigenvalue weighted by atomic mass is 19.4. The van der Waals surface area contributed by atoms with E-state index in [4.69, 9.17) is 0 Å². The Morgan fingerprint density at radius 2 is 1.49 bits per heavy atom. The molecule has 1 atom stereocenters. The SMILES string of the molecule is CC(=CC(=O)NC(Cc1ccccc1)(c1ccc(F)cc1)c1cc(F)cc(OC(F)(F)C(F)F)c1)C(F)(F)F. The van der Waals surface area contributed by atoms with Gasteiger partial charge in [0.2, 0.25) is 5.91 Å². The molecule has 0 aliphatic carbocycles. The van der Waals surface area contributed by atoms with Crippen molar-refractivity contribution in [2.24, 2.45) is 0 Å². The Bertz CT molecular complexity index is 1320. The van der Waals surface area contributed by atoms with E-state index in [9.17, 15) is 44.3 Å². The molecule has 0 aliphatic heterocycles. The Morgan fingerprint density at radius 1 is 0.872 bits per heavy atom. The Morgan fingerprint density at radius 3 is 2.05 bits per heavy atom. The van der Waals surface area contributed by atoms with Gasteiger partial charge >= 0.3 is 18.7 Å². The molecule has 3 aromatic rings.